The molecule has 0 bridgehead atoms. The quantitative estimate of drug-likeness (QED) is 0.258. The molecule has 10 heteroatoms. The number of fused-ring (bicyclic) bond motifs is 2. The molecule has 0 aliphatic rings. The zero-order valence-electron chi connectivity index (χ0n) is 18.1. The molecule has 0 amide bonds. The Kier molecular flexibility index (Phi) is 5.01. The second-order valence-electron chi connectivity index (χ2n) is 7.81. The molecule has 1 atom stereocenters. The Bertz CT molecular complexity index is 1600. The average molecular weight is 469 g/mol. The van der Waals surface area contributed by atoms with Gasteiger partial charge in [0.2, 0.25) is 0 Å². The number of aromatic nitrogens is 7. The van der Waals surface area contributed by atoms with Crippen LogP contribution < -0.4 is 5.32 Å². The Morgan fingerprint density at radius 1 is 1.06 bits per heavy atom. The summed E-state index contributed by atoms with van der Waals surface area (Å²) in [5.74, 6) is 0.622. The average Bonchev–Trinajstić information content (AvgIpc) is 3.62. The number of hydrogen-bond donors (Lipinski definition) is 4. The third-order valence-corrected chi connectivity index (χ3v) is 6.42. The maximum Gasteiger partial charge on any atom is 0.161 e. The predicted molar refractivity (Wildman–Crippen MR) is 133 cm³/mol. The first-order valence-electron chi connectivity index (χ1n) is 10.8. The van der Waals surface area contributed by atoms with Gasteiger partial charge >= 0.3 is 0 Å². The zero-order chi connectivity index (χ0) is 23.1. The van der Waals surface area contributed by atoms with Gasteiger partial charge in [0, 0.05) is 18.0 Å². The topological polar surface area (TPSA) is 128 Å². The number of aliphatic hydroxyl groups is 1. The number of pyridine rings is 3. The van der Waals surface area contributed by atoms with Crippen LogP contribution >= 0.6 is 11.3 Å². The van der Waals surface area contributed by atoms with Crippen LogP contribution in [0.5, 0.6) is 0 Å². The molecule has 0 fully saturated rings. The van der Waals surface area contributed by atoms with Gasteiger partial charge in [0.1, 0.15) is 23.0 Å². The lowest BCUT2D eigenvalue weighted by Gasteiger charge is -2.12. The van der Waals surface area contributed by atoms with Crippen molar-refractivity contribution in [3.63, 3.8) is 0 Å². The summed E-state index contributed by atoms with van der Waals surface area (Å²) >= 11 is 1.63. The molecule has 0 aliphatic heterocycles. The number of thiophene rings is 1. The van der Waals surface area contributed by atoms with Crippen molar-refractivity contribution < 1.29 is 5.11 Å². The van der Waals surface area contributed by atoms with E-state index < -0.39 is 6.23 Å². The van der Waals surface area contributed by atoms with Crippen molar-refractivity contribution in [2.45, 2.75) is 19.6 Å². The number of rotatable bonds is 6. The smallest absolute Gasteiger partial charge is 0.161 e. The van der Waals surface area contributed by atoms with Gasteiger partial charge in [-0.05, 0) is 42.1 Å². The van der Waals surface area contributed by atoms with Crippen molar-refractivity contribution in [3.8, 4) is 33.3 Å². The number of hydrogen-bond acceptors (Lipinski definition) is 8. The Balaban J connectivity index is 1.43. The number of anilines is 1. The molecular weight excluding hydrogens is 448 g/mol. The molecule has 0 saturated heterocycles. The van der Waals surface area contributed by atoms with Crippen LogP contribution in [0, 0.1) is 0 Å². The van der Waals surface area contributed by atoms with E-state index >= 15 is 0 Å². The minimum absolute atomic E-state index is 0.591. The van der Waals surface area contributed by atoms with E-state index in [1.807, 2.05) is 48.7 Å². The lowest BCUT2D eigenvalue weighted by Crippen LogP contribution is -2.16. The molecule has 6 rings (SSSR count). The van der Waals surface area contributed by atoms with E-state index in [1.165, 1.54) is 0 Å². The first-order valence-corrected chi connectivity index (χ1v) is 11.7. The number of aliphatic hydroxyl groups excluding tert-OH is 1. The van der Waals surface area contributed by atoms with Crippen LogP contribution in [0.25, 0.3) is 55.4 Å². The van der Waals surface area contributed by atoms with Crippen molar-refractivity contribution in [2.24, 2.45) is 0 Å². The summed E-state index contributed by atoms with van der Waals surface area (Å²) in [7, 11) is 0. The van der Waals surface area contributed by atoms with Gasteiger partial charge in [-0.25, -0.2) is 9.97 Å². The molecule has 0 spiro atoms. The third kappa shape index (κ3) is 3.58. The molecule has 168 valence electrons. The van der Waals surface area contributed by atoms with Gasteiger partial charge in [0.15, 0.2) is 11.5 Å². The van der Waals surface area contributed by atoms with Crippen molar-refractivity contribution >= 4 is 39.1 Å². The summed E-state index contributed by atoms with van der Waals surface area (Å²) < 4.78 is 0. The Labute approximate surface area is 198 Å². The van der Waals surface area contributed by atoms with Crippen LogP contribution in [0.2, 0.25) is 0 Å². The van der Waals surface area contributed by atoms with E-state index in [-0.39, 0.29) is 0 Å². The number of H-pyrrole nitrogens is 2. The fourth-order valence-corrected chi connectivity index (χ4v) is 4.54. The standard InChI is InChI=1S/C24H20N8OS/c1-2-19(33)27-14-10-13(11-25-12-14)15-5-6-17-21(28-15)23(32-31-17)24-29-16-7-8-26-22(20(16)30-24)18-4-3-9-34-18/h3-12,19,27,33H,2H2,1H3,(H,29,30)(H,31,32). The summed E-state index contributed by atoms with van der Waals surface area (Å²) in [5, 5.41) is 22.5. The number of imidazole rings is 1. The zero-order valence-corrected chi connectivity index (χ0v) is 19.0. The SMILES string of the molecule is CCC(O)Nc1cncc(-c2ccc3[nH]nc(-c4nc5c(-c6cccs6)nccc5[nH]4)c3n2)c1. The van der Waals surface area contributed by atoms with Crippen molar-refractivity contribution in [3.05, 3.63) is 60.4 Å². The molecule has 0 aromatic carbocycles. The van der Waals surface area contributed by atoms with Gasteiger partial charge < -0.3 is 15.4 Å². The second-order valence-corrected chi connectivity index (χ2v) is 8.76. The number of aromatic amines is 2. The van der Waals surface area contributed by atoms with E-state index in [2.05, 4.69) is 30.5 Å². The molecule has 1 unspecified atom stereocenters. The monoisotopic (exact) mass is 468 g/mol. The van der Waals surface area contributed by atoms with Gasteiger partial charge in [-0.3, -0.25) is 15.1 Å². The molecule has 6 aromatic heterocycles. The molecule has 9 nitrogen and oxygen atoms in total. The fourth-order valence-electron chi connectivity index (χ4n) is 3.82. The molecular formula is C24H20N8OS. The van der Waals surface area contributed by atoms with Crippen LogP contribution in [-0.2, 0) is 0 Å². The highest BCUT2D eigenvalue weighted by Crippen LogP contribution is 2.32. The van der Waals surface area contributed by atoms with Gasteiger partial charge in [-0.15, -0.1) is 11.3 Å². The summed E-state index contributed by atoms with van der Waals surface area (Å²) in [6.07, 6.45) is 5.17. The highest BCUT2D eigenvalue weighted by Gasteiger charge is 2.17. The molecule has 0 saturated carbocycles. The van der Waals surface area contributed by atoms with E-state index in [0.29, 0.717) is 23.5 Å². The van der Waals surface area contributed by atoms with Gasteiger partial charge in [0.05, 0.1) is 33.5 Å². The number of nitrogens with zero attached hydrogens (tertiary/aromatic N) is 5. The first kappa shape index (κ1) is 20.5. The normalized spacial score (nSPS) is 12.4. The molecule has 0 radical (unpaired) electrons. The van der Waals surface area contributed by atoms with Crippen LogP contribution in [0.15, 0.2) is 60.4 Å². The van der Waals surface area contributed by atoms with Crippen molar-refractivity contribution in [2.75, 3.05) is 5.32 Å². The Hall–Kier alpha value is -4.15. The highest BCUT2D eigenvalue weighted by molar-refractivity contribution is 7.13. The highest BCUT2D eigenvalue weighted by atomic mass is 32.1. The lowest BCUT2D eigenvalue weighted by molar-refractivity contribution is 0.199. The van der Waals surface area contributed by atoms with E-state index in [0.717, 1.165) is 44.1 Å². The molecule has 6 heterocycles. The summed E-state index contributed by atoms with van der Waals surface area (Å²) in [4.78, 5) is 23.0. The molecule has 0 aliphatic carbocycles. The van der Waals surface area contributed by atoms with Gasteiger partial charge in [-0.2, -0.15) is 5.10 Å². The van der Waals surface area contributed by atoms with E-state index in [4.69, 9.17) is 9.97 Å². The minimum atomic E-state index is -0.630. The van der Waals surface area contributed by atoms with E-state index in [1.54, 1.807) is 29.9 Å². The van der Waals surface area contributed by atoms with Crippen LogP contribution in [-0.4, -0.2) is 46.5 Å². The predicted octanol–water partition coefficient (Wildman–Crippen LogP) is 4.83. The van der Waals surface area contributed by atoms with Gasteiger partial charge in [0.25, 0.3) is 0 Å². The summed E-state index contributed by atoms with van der Waals surface area (Å²) in [5.41, 5.74) is 6.97. The second kappa shape index (κ2) is 8.32. The fraction of sp³-hybridized carbons (Fsp3) is 0.125. The Morgan fingerprint density at radius 3 is 2.82 bits per heavy atom. The lowest BCUT2D eigenvalue weighted by atomic mass is 10.1. The summed E-state index contributed by atoms with van der Waals surface area (Å²) in [6.45, 7) is 1.91. The minimum Gasteiger partial charge on any atom is -0.374 e. The van der Waals surface area contributed by atoms with Crippen molar-refractivity contribution in [1.82, 2.24) is 35.1 Å². The Morgan fingerprint density at radius 2 is 1.97 bits per heavy atom. The number of nitrogens with one attached hydrogen (secondary N) is 3. The maximum atomic E-state index is 9.91. The molecule has 6 aromatic rings. The van der Waals surface area contributed by atoms with Crippen molar-refractivity contribution in [1.29, 1.82) is 0 Å². The third-order valence-electron chi connectivity index (χ3n) is 5.54. The van der Waals surface area contributed by atoms with Crippen LogP contribution in [0.3, 0.4) is 0 Å². The van der Waals surface area contributed by atoms with Crippen LogP contribution in [0.4, 0.5) is 5.69 Å². The largest absolute Gasteiger partial charge is 0.374 e. The molecule has 34 heavy (non-hydrogen) atoms. The summed E-state index contributed by atoms with van der Waals surface area (Å²) in [6, 6.07) is 11.7. The first-order chi connectivity index (χ1) is 16.7. The van der Waals surface area contributed by atoms with E-state index in [9.17, 15) is 5.11 Å². The maximum absolute atomic E-state index is 9.91. The molecule has 4 N–H and O–H groups in total. The van der Waals surface area contributed by atoms with Crippen LogP contribution in [0.1, 0.15) is 13.3 Å². The van der Waals surface area contributed by atoms with Gasteiger partial charge in [-0.1, -0.05) is 13.0 Å².